The number of allylic oxidation sites excluding steroid dienone is 1. The topological polar surface area (TPSA) is 80.9 Å². The summed E-state index contributed by atoms with van der Waals surface area (Å²) in [7, 11) is 0. The summed E-state index contributed by atoms with van der Waals surface area (Å²) in [5.74, 6) is -0.566. The largest absolute Gasteiger partial charge is 0.481 e. The lowest BCUT2D eigenvalue weighted by Crippen LogP contribution is -2.10. The molecule has 0 aliphatic rings. The molecule has 0 saturated carbocycles. The van der Waals surface area contributed by atoms with Crippen molar-refractivity contribution in [2.45, 2.75) is 19.4 Å². The second kappa shape index (κ2) is 4.34. The van der Waals surface area contributed by atoms with E-state index < -0.39 is 5.97 Å². The third-order valence-corrected chi connectivity index (χ3v) is 1.46. The van der Waals surface area contributed by atoms with Crippen LogP contribution in [0.2, 0.25) is 0 Å². The Kier molecular flexibility index (Phi) is 3.13. The van der Waals surface area contributed by atoms with E-state index in [1.807, 2.05) is 0 Å². The number of carboxylic acid groups (broad SMARTS) is 1. The van der Waals surface area contributed by atoms with Crippen molar-refractivity contribution in [3.8, 4) is 0 Å². The van der Waals surface area contributed by atoms with Gasteiger partial charge in [-0.2, -0.15) is 0 Å². The molecule has 0 bridgehead atoms. The number of aryl methyl sites for hydroxylation is 1. The monoisotopic (exact) mass is 182 g/mol. The highest BCUT2D eigenvalue weighted by atomic mass is 16.4. The Balaban J connectivity index is 2.65. The van der Waals surface area contributed by atoms with Gasteiger partial charge in [-0.25, -0.2) is 4.68 Å². The van der Waals surface area contributed by atoms with Crippen LogP contribution in [0, 0.1) is 0 Å². The van der Waals surface area contributed by atoms with Crippen LogP contribution in [0.15, 0.2) is 12.7 Å². The van der Waals surface area contributed by atoms with E-state index in [0.717, 1.165) is 6.42 Å². The third kappa shape index (κ3) is 2.66. The maximum atomic E-state index is 10.4. The van der Waals surface area contributed by atoms with E-state index in [9.17, 15) is 4.79 Å². The highest BCUT2D eigenvalue weighted by Gasteiger charge is 2.08. The summed E-state index contributed by atoms with van der Waals surface area (Å²) in [6.07, 6.45) is 2.30. The first-order valence-electron chi connectivity index (χ1n) is 3.81. The van der Waals surface area contributed by atoms with E-state index in [2.05, 4.69) is 22.1 Å². The Morgan fingerprint density at radius 2 is 2.46 bits per heavy atom. The number of tetrazole rings is 1. The van der Waals surface area contributed by atoms with Gasteiger partial charge in [0.05, 0.1) is 0 Å². The van der Waals surface area contributed by atoms with Crippen molar-refractivity contribution in [3.05, 3.63) is 18.5 Å². The maximum Gasteiger partial charge on any atom is 0.311 e. The minimum atomic E-state index is -0.936. The highest BCUT2D eigenvalue weighted by molar-refractivity contribution is 5.68. The van der Waals surface area contributed by atoms with Crippen LogP contribution in [0.5, 0.6) is 0 Å². The van der Waals surface area contributed by atoms with E-state index >= 15 is 0 Å². The molecule has 0 aromatic carbocycles. The molecule has 1 N–H and O–H groups in total. The average Bonchev–Trinajstić information content (AvgIpc) is 2.48. The number of hydrogen-bond acceptors (Lipinski definition) is 4. The minimum Gasteiger partial charge on any atom is -0.481 e. The molecular weight excluding hydrogens is 172 g/mol. The van der Waals surface area contributed by atoms with Gasteiger partial charge in [0.25, 0.3) is 0 Å². The molecule has 0 unspecified atom stereocenters. The van der Waals surface area contributed by atoms with Crippen LogP contribution >= 0.6 is 0 Å². The summed E-state index contributed by atoms with van der Waals surface area (Å²) < 4.78 is 1.47. The number of nitrogens with zero attached hydrogens (tertiary/aromatic N) is 4. The van der Waals surface area contributed by atoms with E-state index in [1.165, 1.54) is 4.68 Å². The summed E-state index contributed by atoms with van der Waals surface area (Å²) in [5, 5.41) is 19.1. The van der Waals surface area contributed by atoms with E-state index in [1.54, 1.807) is 6.08 Å². The second-order valence-electron chi connectivity index (χ2n) is 2.47. The molecule has 0 saturated heterocycles. The predicted molar refractivity (Wildman–Crippen MR) is 44.0 cm³/mol. The van der Waals surface area contributed by atoms with Crippen LogP contribution in [0.1, 0.15) is 12.2 Å². The first-order chi connectivity index (χ1) is 6.24. The Hall–Kier alpha value is -1.72. The Morgan fingerprint density at radius 1 is 1.69 bits per heavy atom. The molecule has 6 heteroatoms. The van der Waals surface area contributed by atoms with Crippen molar-refractivity contribution < 1.29 is 9.90 Å². The summed E-state index contributed by atoms with van der Waals surface area (Å²) >= 11 is 0. The lowest BCUT2D eigenvalue weighted by Gasteiger charge is -1.98. The molecule has 70 valence electrons. The van der Waals surface area contributed by atoms with E-state index in [4.69, 9.17) is 5.11 Å². The van der Waals surface area contributed by atoms with Gasteiger partial charge < -0.3 is 5.11 Å². The summed E-state index contributed by atoms with van der Waals surface area (Å²) in [6.45, 7) is 4.12. The van der Waals surface area contributed by atoms with Crippen molar-refractivity contribution in [3.63, 3.8) is 0 Å². The maximum absolute atomic E-state index is 10.4. The standard InChI is InChI=1S/C7H10N4O2/c1-2-3-4-11-6(5-7(12)13)8-9-10-11/h2H,1,3-5H2,(H,12,13). The highest BCUT2D eigenvalue weighted by Crippen LogP contribution is 1.95. The number of hydrogen-bond donors (Lipinski definition) is 1. The van der Waals surface area contributed by atoms with Crippen molar-refractivity contribution >= 4 is 5.97 Å². The molecule has 0 spiro atoms. The van der Waals surface area contributed by atoms with E-state index in [-0.39, 0.29) is 6.42 Å². The Labute approximate surface area is 74.9 Å². The molecule has 0 aliphatic carbocycles. The molecule has 1 aromatic rings. The quantitative estimate of drug-likeness (QED) is 0.642. The molecule has 1 aromatic heterocycles. The van der Waals surface area contributed by atoms with Crippen molar-refractivity contribution in [1.82, 2.24) is 20.2 Å². The summed E-state index contributed by atoms with van der Waals surface area (Å²) in [4.78, 5) is 10.4. The van der Waals surface area contributed by atoms with Gasteiger partial charge in [-0.05, 0) is 16.8 Å². The number of carbonyl (C=O) groups is 1. The molecule has 0 fully saturated rings. The van der Waals surface area contributed by atoms with E-state index in [0.29, 0.717) is 12.4 Å². The lowest BCUT2D eigenvalue weighted by molar-refractivity contribution is -0.136. The zero-order valence-electron chi connectivity index (χ0n) is 7.05. The fourth-order valence-corrected chi connectivity index (χ4v) is 0.872. The first kappa shape index (κ1) is 9.37. The van der Waals surface area contributed by atoms with Crippen LogP contribution in [0.3, 0.4) is 0 Å². The van der Waals surface area contributed by atoms with Crippen molar-refractivity contribution in [1.29, 1.82) is 0 Å². The zero-order chi connectivity index (χ0) is 9.68. The summed E-state index contributed by atoms with van der Waals surface area (Å²) in [6, 6.07) is 0. The molecule has 6 nitrogen and oxygen atoms in total. The Bertz CT molecular complexity index is 307. The molecule has 0 amide bonds. The molecular formula is C7H10N4O2. The van der Waals surface area contributed by atoms with Gasteiger partial charge in [-0.15, -0.1) is 11.7 Å². The third-order valence-electron chi connectivity index (χ3n) is 1.46. The fourth-order valence-electron chi connectivity index (χ4n) is 0.872. The number of rotatable bonds is 5. The van der Waals surface area contributed by atoms with Gasteiger partial charge in [0.15, 0.2) is 5.82 Å². The van der Waals surface area contributed by atoms with Gasteiger partial charge in [-0.1, -0.05) is 6.08 Å². The van der Waals surface area contributed by atoms with Gasteiger partial charge in [0.2, 0.25) is 0 Å². The zero-order valence-corrected chi connectivity index (χ0v) is 7.05. The normalized spacial score (nSPS) is 9.85. The van der Waals surface area contributed by atoms with Crippen LogP contribution in [0.4, 0.5) is 0 Å². The van der Waals surface area contributed by atoms with Crippen LogP contribution in [0.25, 0.3) is 0 Å². The van der Waals surface area contributed by atoms with Crippen molar-refractivity contribution in [2.24, 2.45) is 0 Å². The molecule has 1 heterocycles. The number of carboxylic acids is 1. The lowest BCUT2D eigenvalue weighted by atomic mass is 10.4. The van der Waals surface area contributed by atoms with Gasteiger partial charge in [-0.3, -0.25) is 4.79 Å². The smallest absolute Gasteiger partial charge is 0.311 e. The predicted octanol–water partition coefficient (Wildman–Crippen LogP) is -0.124. The second-order valence-corrected chi connectivity index (χ2v) is 2.47. The molecule has 0 aliphatic heterocycles. The van der Waals surface area contributed by atoms with Gasteiger partial charge >= 0.3 is 5.97 Å². The number of aliphatic carboxylic acids is 1. The first-order valence-corrected chi connectivity index (χ1v) is 3.81. The van der Waals surface area contributed by atoms with Crippen LogP contribution in [-0.4, -0.2) is 31.3 Å². The van der Waals surface area contributed by atoms with Crippen LogP contribution < -0.4 is 0 Å². The SMILES string of the molecule is C=CCCn1nnnc1CC(=O)O. The average molecular weight is 182 g/mol. The fraction of sp³-hybridized carbons (Fsp3) is 0.429. The van der Waals surface area contributed by atoms with Crippen molar-refractivity contribution in [2.75, 3.05) is 0 Å². The Morgan fingerprint density at radius 3 is 3.08 bits per heavy atom. The van der Waals surface area contributed by atoms with Gasteiger partial charge in [0, 0.05) is 6.54 Å². The number of aromatic nitrogens is 4. The molecule has 1 rings (SSSR count). The summed E-state index contributed by atoms with van der Waals surface area (Å²) in [5.41, 5.74) is 0. The van der Waals surface area contributed by atoms with Gasteiger partial charge in [0.1, 0.15) is 6.42 Å². The molecule has 13 heavy (non-hydrogen) atoms. The molecule has 0 atom stereocenters. The molecule has 0 radical (unpaired) electrons. The minimum absolute atomic E-state index is 0.149. The van der Waals surface area contributed by atoms with Crippen LogP contribution in [-0.2, 0) is 17.8 Å².